The van der Waals surface area contributed by atoms with Crippen LogP contribution < -0.4 is 9.64 Å². The minimum atomic E-state index is -0.0818. The highest BCUT2D eigenvalue weighted by Crippen LogP contribution is 2.32. The van der Waals surface area contributed by atoms with E-state index in [1.165, 1.54) is 11.3 Å². The van der Waals surface area contributed by atoms with E-state index in [1.54, 1.807) is 11.0 Å². The average Bonchev–Trinajstić information content (AvgIpc) is 3.31. The van der Waals surface area contributed by atoms with Crippen LogP contribution in [0.3, 0.4) is 0 Å². The number of ether oxygens (including phenoxy) is 2. The summed E-state index contributed by atoms with van der Waals surface area (Å²) < 4.78 is 17.7. The number of anilines is 1. The predicted molar refractivity (Wildman–Crippen MR) is 118 cm³/mol. The monoisotopic (exact) mass is 429 g/mol. The second-order valence-electron chi connectivity index (χ2n) is 7.30. The first-order valence-electron chi connectivity index (χ1n) is 10.3. The molecule has 8 heteroatoms. The molecule has 0 radical (unpaired) electrons. The fourth-order valence-electron chi connectivity index (χ4n) is 3.60. The van der Waals surface area contributed by atoms with Crippen LogP contribution in [0.4, 0.5) is 5.13 Å². The number of amides is 1. The van der Waals surface area contributed by atoms with E-state index in [4.69, 9.17) is 18.9 Å². The summed E-state index contributed by atoms with van der Waals surface area (Å²) in [5.74, 6) is 2.10. The van der Waals surface area contributed by atoms with E-state index in [0.29, 0.717) is 29.6 Å². The van der Waals surface area contributed by atoms with Gasteiger partial charge in [0, 0.05) is 26.2 Å². The molecule has 0 bridgehead atoms. The third-order valence-corrected chi connectivity index (χ3v) is 6.19. The van der Waals surface area contributed by atoms with Crippen molar-refractivity contribution >= 4 is 32.6 Å². The molecule has 0 unspecified atom stereocenters. The van der Waals surface area contributed by atoms with E-state index in [9.17, 15) is 4.79 Å². The van der Waals surface area contributed by atoms with Crippen LogP contribution in [0, 0.1) is 13.8 Å². The molecule has 0 atom stereocenters. The van der Waals surface area contributed by atoms with Crippen LogP contribution in [0.2, 0.25) is 0 Å². The highest BCUT2D eigenvalue weighted by Gasteiger charge is 2.25. The molecule has 160 valence electrons. The number of rotatable bonds is 7. The lowest BCUT2D eigenvalue weighted by Crippen LogP contribution is -2.43. The minimum Gasteiger partial charge on any atom is -0.494 e. The van der Waals surface area contributed by atoms with Crippen LogP contribution >= 0.6 is 11.3 Å². The van der Waals surface area contributed by atoms with E-state index in [2.05, 4.69) is 4.90 Å². The van der Waals surface area contributed by atoms with Crippen LogP contribution in [0.15, 0.2) is 28.7 Å². The molecule has 1 aliphatic rings. The number of aromatic nitrogens is 1. The molecule has 1 aliphatic heterocycles. The highest BCUT2D eigenvalue weighted by atomic mass is 32.1. The predicted octanol–water partition coefficient (Wildman–Crippen LogP) is 3.88. The average molecular weight is 430 g/mol. The Balaban J connectivity index is 1.64. The molecule has 1 amide bonds. The number of fused-ring (bicyclic) bond motifs is 1. The molecule has 4 rings (SSSR count). The van der Waals surface area contributed by atoms with Crippen LogP contribution in [0.5, 0.6) is 5.75 Å². The Kier molecular flexibility index (Phi) is 6.36. The fourth-order valence-corrected chi connectivity index (χ4v) is 4.62. The molecule has 3 heterocycles. The summed E-state index contributed by atoms with van der Waals surface area (Å²) in [6.45, 7) is 10.8. The van der Waals surface area contributed by atoms with Crippen molar-refractivity contribution < 1.29 is 18.7 Å². The Labute approximate surface area is 180 Å². The molecule has 0 N–H and O–H groups in total. The van der Waals surface area contributed by atoms with Crippen molar-refractivity contribution in [1.82, 2.24) is 9.88 Å². The first kappa shape index (κ1) is 20.8. The van der Waals surface area contributed by atoms with Gasteiger partial charge < -0.3 is 13.9 Å². The van der Waals surface area contributed by atoms with Gasteiger partial charge in [-0.3, -0.25) is 14.6 Å². The van der Waals surface area contributed by atoms with E-state index < -0.39 is 0 Å². The molecule has 2 aromatic heterocycles. The second kappa shape index (κ2) is 9.16. The van der Waals surface area contributed by atoms with Crippen LogP contribution in [-0.2, 0) is 4.74 Å². The molecule has 1 aromatic carbocycles. The van der Waals surface area contributed by atoms with Gasteiger partial charge >= 0.3 is 0 Å². The topological polar surface area (TPSA) is 68.0 Å². The maximum absolute atomic E-state index is 13.5. The van der Waals surface area contributed by atoms with Gasteiger partial charge in [0.05, 0.1) is 35.6 Å². The van der Waals surface area contributed by atoms with Gasteiger partial charge in [-0.05, 0) is 45.0 Å². The highest BCUT2D eigenvalue weighted by molar-refractivity contribution is 7.22. The van der Waals surface area contributed by atoms with E-state index in [0.717, 1.165) is 54.6 Å². The molecule has 1 saturated heterocycles. The summed E-state index contributed by atoms with van der Waals surface area (Å²) in [6.07, 6.45) is 0. The second-order valence-corrected chi connectivity index (χ2v) is 8.31. The number of aryl methyl sites for hydroxylation is 2. The van der Waals surface area contributed by atoms with Gasteiger partial charge in [-0.1, -0.05) is 11.3 Å². The first-order valence-corrected chi connectivity index (χ1v) is 11.1. The quantitative estimate of drug-likeness (QED) is 0.568. The summed E-state index contributed by atoms with van der Waals surface area (Å²) in [5, 5.41) is 0.690. The molecule has 3 aromatic rings. The van der Waals surface area contributed by atoms with Crippen molar-refractivity contribution in [2.45, 2.75) is 20.8 Å². The number of morpholine rings is 1. The zero-order valence-electron chi connectivity index (χ0n) is 17.6. The van der Waals surface area contributed by atoms with Crippen LogP contribution in [0.1, 0.15) is 28.8 Å². The molecule has 0 saturated carbocycles. The molecular weight excluding hydrogens is 402 g/mol. The summed E-state index contributed by atoms with van der Waals surface area (Å²) in [7, 11) is 0. The number of carbonyl (C=O) groups is 1. The lowest BCUT2D eigenvalue weighted by atomic mass is 10.2. The Bertz CT molecular complexity index is 1020. The zero-order valence-corrected chi connectivity index (χ0v) is 18.5. The zero-order chi connectivity index (χ0) is 21.1. The van der Waals surface area contributed by atoms with E-state index in [-0.39, 0.29) is 5.91 Å². The fraction of sp³-hybridized carbons (Fsp3) is 0.455. The molecule has 0 aliphatic carbocycles. The Morgan fingerprint density at radius 3 is 2.77 bits per heavy atom. The molecule has 0 spiro atoms. The number of benzene rings is 1. The van der Waals surface area contributed by atoms with Gasteiger partial charge in [0.25, 0.3) is 5.91 Å². The lowest BCUT2D eigenvalue weighted by molar-refractivity contribution is 0.0391. The third kappa shape index (κ3) is 4.50. The van der Waals surface area contributed by atoms with Crippen molar-refractivity contribution in [3.8, 4) is 5.75 Å². The summed E-state index contributed by atoms with van der Waals surface area (Å²) in [5.41, 5.74) is 1.45. The molecule has 7 nitrogen and oxygen atoms in total. The first-order chi connectivity index (χ1) is 14.5. The van der Waals surface area contributed by atoms with Crippen molar-refractivity contribution in [2.75, 3.05) is 50.9 Å². The maximum atomic E-state index is 13.5. The van der Waals surface area contributed by atoms with Gasteiger partial charge in [-0.15, -0.1) is 0 Å². The number of hydrogen-bond acceptors (Lipinski definition) is 7. The number of furan rings is 1. The SMILES string of the molecule is CCOc1ccc2nc(N(CCN3CCOCC3)C(=O)c3cc(C)oc3C)sc2c1. The third-order valence-electron chi connectivity index (χ3n) is 5.15. The van der Waals surface area contributed by atoms with Crippen molar-refractivity contribution in [3.63, 3.8) is 0 Å². The van der Waals surface area contributed by atoms with Crippen LogP contribution in [-0.4, -0.2) is 61.8 Å². The Morgan fingerprint density at radius 2 is 2.07 bits per heavy atom. The van der Waals surface area contributed by atoms with Crippen molar-refractivity contribution in [1.29, 1.82) is 0 Å². The molecule has 1 fully saturated rings. The standard InChI is InChI=1S/C22H27N3O4S/c1-4-28-17-5-6-19-20(14-17)30-22(23-19)25(8-7-24-9-11-27-12-10-24)21(26)18-13-15(2)29-16(18)3/h5-6,13-14H,4,7-12H2,1-3H3. The van der Waals surface area contributed by atoms with Gasteiger partial charge in [0.1, 0.15) is 17.3 Å². The summed E-state index contributed by atoms with van der Waals surface area (Å²) >= 11 is 1.51. The number of nitrogens with zero attached hydrogens (tertiary/aromatic N) is 3. The largest absolute Gasteiger partial charge is 0.494 e. The Hall–Kier alpha value is -2.42. The minimum absolute atomic E-state index is 0.0818. The van der Waals surface area contributed by atoms with E-state index in [1.807, 2.05) is 39.0 Å². The normalized spacial score (nSPS) is 14.9. The van der Waals surface area contributed by atoms with Gasteiger partial charge in [0.15, 0.2) is 5.13 Å². The van der Waals surface area contributed by atoms with Crippen molar-refractivity contribution in [3.05, 3.63) is 41.3 Å². The van der Waals surface area contributed by atoms with Gasteiger partial charge in [-0.25, -0.2) is 4.98 Å². The van der Waals surface area contributed by atoms with E-state index >= 15 is 0 Å². The van der Waals surface area contributed by atoms with Gasteiger partial charge in [-0.2, -0.15) is 0 Å². The smallest absolute Gasteiger partial charge is 0.263 e. The Morgan fingerprint density at radius 1 is 1.27 bits per heavy atom. The molecular formula is C22H27N3O4S. The summed E-state index contributed by atoms with van der Waals surface area (Å²) in [4.78, 5) is 22.3. The summed E-state index contributed by atoms with van der Waals surface area (Å²) in [6, 6.07) is 7.65. The molecule has 30 heavy (non-hydrogen) atoms. The number of carbonyl (C=O) groups excluding carboxylic acids is 1. The van der Waals surface area contributed by atoms with Crippen molar-refractivity contribution in [2.24, 2.45) is 0 Å². The number of thiazole rings is 1. The number of hydrogen-bond donors (Lipinski definition) is 0. The van der Waals surface area contributed by atoms with Gasteiger partial charge in [0.2, 0.25) is 0 Å². The van der Waals surface area contributed by atoms with Crippen LogP contribution in [0.25, 0.3) is 10.2 Å². The lowest BCUT2D eigenvalue weighted by Gasteiger charge is -2.29. The maximum Gasteiger partial charge on any atom is 0.263 e.